The highest BCUT2D eigenvalue weighted by Crippen LogP contribution is 2.28. The Bertz CT molecular complexity index is 1050. The molecule has 36 heavy (non-hydrogen) atoms. The summed E-state index contributed by atoms with van der Waals surface area (Å²) in [5.41, 5.74) is 0.979. The normalized spacial score (nSPS) is 22.4. The average Bonchev–Trinajstić information content (AvgIpc) is 2.90. The number of amides is 1. The van der Waals surface area contributed by atoms with Gasteiger partial charge in [-0.2, -0.15) is 0 Å². The number of aromatic hydroxyl groups is 1. The molecule has 1 aliphatic rings. The van der Waals surface area contributed by atoms with Gasteiger partial charge in [0.25, 0.3) is 0 Å². The van der Waals surface area contributed by atoms with Gasteiger partial charge in [0.2, 0.25) is 5.91 Å². The summed E-state index contributed by atoms with van der Waals surface area (Å²) in [6.45, 7) is 1.24. The molecule has 1 fully saturated rings. The predicted molar refractivity (Wildman–Crippen MR) is 131 cm³/mol. The topological polar surface area (TPSA) is 133 Å². The molecule has 1 saturated heterocycles. The Kier molecular flexibility index (Phi) is 9.95. The number of benzene rings is 1. The zero-order chi connectivity index (χ0) is 26.1. The minimum absolute atomic E-state index is 0.0714. The lowest BCUT2D eigenvalue weighted by atomic mass is 9.91. The summed E-state index contributed by atoms with van der Waals surface area (Å²) in [6, 6.07) is 9.63. The molecular weight excluding hydrogens is 488 g/mol. The summed E-state index contributed by atoms with van der Waals surface area (Å²) in [5.74, 6) is -2.47. The van der Waals surface area contributed by atoms with Crippen molar-refractivity contribution in [1.82, 2.24) is 10.3 Å². The molecule has 0 unspecified atom stereocenters. The number of pyridine rings is 1. The summed E-state index contributed by atoms with van der Waals surface area (Å²) in [6.07, 6.45) is 1.72. The highest BCUT2D eigenvalue weighted by molar-refractivity contribution is 7.98. The number of cyclic esters (lactones) is 2. The van der Waals surface area contributed by atoms with Gasteiger partial charge in [-0.15, -0.1) is 11.8 Å². The smallest absolute Gasteiger partial charge is 0.332 e. The van der Waals surface area contributed by atoms with E-state index in [0.717, 1.165) is 5.56 Å². The van der Waals surface area contributed by atoms with Crippen LogP contribution in [0.25, 0.3) is 0 Å². The van der Waals surface area contributed by atoms with Gasteiger partial charge >= 0.3 is 11.9 Å². The molecule has 3 rings (SSSR count). The van der Waals surface area contributed by atoms with Crippen LogP contribution in [0.5, 0.6) is 11.5 Å². The summed E-state index contributed by atoms with van der Waals surface area (Å²) < 4.78 is 22.0. The molecule has 1 aromatic heterocycles. The second kappa shape index (κ2) is 13.1. The van der Waals surface area contributed by atoms with Crippen molar-refractivity contribution in [3.8, 4) is 11.5 Å². The van der Waals surface area contributed by atoms with Crippen molar-refractivity contribution in [2.45, 2.75) is 38.0 Å². The van der Waals surface area contributed by atoms with E-state index in [1.807, 2.05) is 36.6 Å². The van der Waals surface area contributed by atoms with Gasteiger partial charge in [0.1, 0.15) is 18.8 Å². The summed E-state index contributed by atoms with van der Waals surface area (Å²) in [5, 5.41) is 12.7. The first-order chi connectivity index (χ1) is 17.3. The van der Waals surface area contributed by atoms with Crippen molar-refractivity contribution in [1.29, 1.82) is 0 Å². The van der Waals surface area contributed by atoms with Gasteiger partial charge in [-0.3, -0.25) is 14.6 Å². The Morgan fingerprint density at radius 2 is 1.97 bits per heavy atom. The molecule has 11 heteroatoms. The number of nitrogens with zero attached hydrogens (tertiary/aromatic N) is 1. The van der Waals surface area contributed by atoms with Crippen LogP contribution in [-0.4, -0.2) is 72.1 Å². The van der Waals surface area contributed by atoms with Gasteiger partial charge in [0.15, 0.2) is 17.5 Å². The van der Waals surface area contributed by atoms with E-state index in [4.69, 9.17) is 18.9 Å². The lowest BCUT2D eigenvalue weighted by Crippen LogP contribution is -2.47. The molecule has 0 bridgehead atoms. The maximum Gasteiger partial charge on any atom is 0.332 e. The zero-order valence-electron chi connectivity index (χ0n) is 20.3. The molecule has 194 valence electrons. The maximum atomic E-state index is 13.1. The Morgan fingerprint density at radius 3 is 2.67 bits per heavy atom. The van der Waals surface area contributed by atoms with Crippen LogP contribution in [-0.2, 0) is 41.4 Å². The van der Waals surface area contributed by atoms with Crippen molar-refractivity contribution < 1.29 is 38.4 Å². The van der Waals surface area contributed by atoms with Crippen LogP contribution < -0.4 is 10.1 Å². The van der Waals surface area contributed by atoms with Gasteiger partial charge in [-0.1, -0.05) is 30.3 Å². The zero-order valence-corrected chi connectivity index (χ0v) is 21.2. The van der Waals surface area contributed by atoms with E-state index in [1.54, 1.807) is 6.92 Å². The molecule has 0 radical (unpaired) electrons. The van der Waals surface area contributed by atoms with E-state index in [9.17, 15) is 19.5 Å². The lowest BCUT2D eigenvalue weighted by Gasteiger charge is -2.29. The Balaban J connectivity index is 1.76. The van der Waals surface area contributed by atoms with E-state index in [2.05, 4.69) is 10.3 Å². The number of rotatable bonds is 9. The first kappa shape index (κ1) is 27.3. The van der Waals surface area contributed by atoms with Crippen molar-refractivity contribution in [3.63, 3.8) is 0 Å². The predicted octanol–water partition coefficient (Wildman–Crippen LogP) is 1.88. The molecule has 2 N–H and O–H groups in total. The second-order valence-corrected chi connectivity index (χ2v) is 9.02. The van der Waals surface area contributed by atoms with Crippen LogP contribution >= 0.6 is 11.8 Å². The lowest BCUT2D eigenvalue weighted by molar-refractivity contribution is -0.162. The van der Waals surface area contributed by atoms with Crippen molar-refractivity contribution in [3.05, 3.63) is 53.9 Å². The minimum atomic E-state index is -1.24. The van der Waals surface area contributed by atoms with Gasteiger partial charge < -0.3 is 29.4 Å². The number of methoxy groups -OCH3 is 1. The molecule has 0 aliphatic carbocycles. The number of carbonyl (C=O) groups excluding carboxylic acids is 3. The van der Waals surface area contributed by atoms with Gasteiger partial charge in [0, 0.05) is 12.3 Å². The van der Waals surface area contributed by atoms with E-state index >= 15 is 0 Å². The maximum absolute atomic E-state index is 13.1. The molecule has 1 aliphatic heterocycles. The molecule has 0 spiro atoms. The van der Waals surface area contributed by atoms with Crippen molar-refractivity contribution in [2.24, 2.45) is 5.92 Å². The first-order valence-electron chi connectivity index (χ1n) is 11.4. The Hall–Kier alpha value is -3.31. The summed E-state index contributed by atoms with van der Waals surface area (Å²) in [4.78, 5) is 42.7. The second-order valence-electron chi connectivity index (χ2n) is 8.21. The average molecular weight is 519 g/mol. The highest BCUT2D eigenvalue weighted by Gasteiger charge is 2.40. The van der Waals surface area contributed by atoms with E-state index in [-0.39, 0.29) is 23.6 Å². The quantitative estimate of drug-likeness (QED) is 0.374. The van der Waals surface area contributed by atoms with Crippen LogP contribution in [0.4, 0.5) is 0 Å². The number of aromatic nitrogens is 1. The standard InChI is InChI=1S/C25H30N2O8S/c1-15-23(34-14-36-3)17(11-16-7-5-4-6-8-16)24(30)33-13-19(25(31)35-15)27-21(28)12-18-22(29)20(32-2)9-10-26-18/h4-10,15,17,19,23,29H,11-14H2,1-3H3,(H,27,28)/t15-,17+,19-,23-/m0/s1. The third-order valence-corrected chi connectivity index (χ3v) is 6.04. The van der Waals surface area contributed by atoms with Crippen LogP contribution in [0.15, 0.2) is 42.6 Å². The van der Waals surface area contributed by atoms with Crippen molar-refractivity contribution in [2.75, 3.05) is 25.9 Å². The first-order valence-corrected chi connectivity index (χ1v) is 12.7. The number of nitrogens with one attached hydrogen (secondary N) is 1. The largest absolute Gasteiger partial charge is 0.503 e. The van der Waals surface area contributed by atoms with Gasteiger partial charge in [-0.25, -0.2) is 4.79 Å². The molecule has 4 atom stereocenters. The summed E-state index contributed by atoms with van der Waals surface area (Å²) in [7, 11) is 1.38. The number of ether oxygens (including phenoxy) is 4. The van der Waals surface area contributed by atoms with Crippen LogP contribution in [0.2, 0.25) is 0 Å². The molecule has 1 aromatic carbocycles. The van der Waals surface area contributed by atoms with Crippen LogP contribution in [0, 0.1) is 5.92 Å². The summed E-state index contributed by atoms with van der Waals surface area (Å²) >= 11 is 1.43. The molecule has 1 amide bonds. The fourth-order valence-electron chi connectivity index (χ4n) is 3.87. The van der Waals surface area contributed by atoms with Gasteiger partial charge in [0.05, 0.1) is 31.1 Å². The van der Waals surface area contributed by atoms with E-state index in [0.29, 0.717) is 12.4 Å². The third kappa shape index (κ3) is 7.11. The van der Waals surface area contributed by atoms with E-state index < -0.39 is 48.6 Å². The SMILES string of the molecule is COc1ccnc(CC(=O)N[C@H]2COC(=O)[C@H](Cc3ccccc3)[C@@H](OCSC)[C@H](C)OC2=O)c1O. The highest BCUT2D eigenvalue weighted by atomic mass is 32.2. The molecule has 2 heterocycles. The fourth-order valence-corrected chi connectivity index (χ4v) is 4.16. The number of hydrogen-bond acceptors (Lipinski definition) is 10. The molecule has 0 saturated carbocycles. The van der Waals surface area contributed by atoms with Crippen molar-refractivity contribution >= 4 is 29.6 Å². The molecule has 10 nitrogen and oxygen atoms in total. The van der Waals surface area contributed by atoms with Crippen LogP contribution in [0.1, 0.15) is 18.2 Å². The fraction of sp³-hybridized carbons (Fsp3) is 0.440. The van der Waals surface area contributed by atoms with Crippen LogP contribution in [0.3, 0.4) is 0 Å². The number of esters is 2. The minimum Gasteiger partial charge on any atom is -0.503 e. The molecule has 2 aromatic rings. The number of carbonyl (C=O) groups is 3. The molecular formula is C25H30N2O8S. The Morgan fingerprint density at radius 1 is 1.22 bits per heavy atom. The van der Waals surface area contributed by atoms with E-state index in [1.165, 1.54) is 31.1 Å². The van der Waals surface area contributed by atoms with Gasteiger partial charge in [-0.05, 0) is 25.2 Å². The third-order valence-electron chi connectivity index (χ3n) is 5.66. The monoisotopic (exact) mass is 518 g/mol. The number of thioether (sulfide) groups is 1. The Labute approximate surface area is 213 Å². The number of hydrogen-bond donors (Lipinski definition) is 2.